The Morgan fingerprint density at radius 2 is 2.08 bits per heavy atom. The van der Waals surface area contributed by atoms with Crippen LogP contribution in [0.3, 0.4) is 0 Å². The second-order valence-electron chi connectivity index (χ2n) is 5.83. The van der Waals surface area contributed by atoms with Crippen LogP contribution in [0.15, 0.2) is 48.8 Å². The molecule has 0 spiro atoms. The normalized spacial score (nSPS) is 13.4. The van der Waals surface area contributed by atoms with Crippen molar-refractivity contribution < 1.29 is 9.53 Å². The standard InChI is InChI=1S/C18H17N5O2/c1-25-16-9-3-5-13-7-4-10-22(17(13)16)18(24)14-6-2-8-15(11-14)23-12-19-20-21-23/h2-3,5-6,8-9,11-12H,4,7,10H2,1H3. The van der Waals surface area contributed by atoms with Gasteiger partial charge in [-0.3, -0.25) is 4.79 Å². The maximum atomic E-state index is 13.2. The summed E-state index contributed by atoms with van der Waals surface area (Å²) >= 11 is 0. The number of hydrogen-bond donors (Lipinski definition) is 0. The van der Waals surface area contributed by atoms with Gasteiger partial charge in [0.1, 0.15) is 12.1 Å². The second-order valence-corrected chi connectivity index (χ2v) is 5.83. The third kappa shape index (κ3) is 2.73. The first-order valence-electron chi connectivity index (χ1n) is 8.09. The molecular weight excluding hydrogens is 318 g/mol. The molecule has 7 heteroatoms. The van der Waals surface area contributed by atoms with Gasteiger partial charge in [0.2, 0.25) is 0 Å². The lowest BCUT2D eigenvalue weighted by molar-refractivity contribution is 0.0984. The van der Waals surface area contributed by atoms with Crippen molar-refractivity contribution in [2.75, 3.05) is 18.6 Å². The zero-order valence-electron chi connectivity index (χ0n) is 13.8. The molecule has 0 unspecified atom stereocenters. The summed E-state index contributed by atoms with van der Waals surface area (Å²) in [6.07, 6.45) is 3.38. The maximum absolute atomic E-state index is 13.2. The van der Waals surface area contributed by atoms with Gasteiger partial charge < -0.3 is 9.64 Å². The lowest BCUT2D eigenvalue weighted by Gasteiger charge is -2.31. The molecule has 1 amide bonds. The fraction of sp³-hybridized carbons (Fsp3) is 0.222. The number of ether oxygens (including phenoxy) is 1. The largest absolute Gasteiger partial charge is 0.495 e. The molecule has 0 aliphatic carbocycles. The van der Waals surface area contributed by atoms with Crippen LogP contribution in [0.2, 0.25) is 0 Å². The van der Waals surface area contributed by atoms with Crippen LogP contribution in [0, 0.1) is 0 Å². The lowest BCUT2D eigenvalue weighted by Crippen LogP contribution is -2.35. The SMILES string of the molecule is COc1cccc2c1N(C(=O)c1cccc(-n3cnnn3)c1)CCC2. The minimum absolute atomic E-state index is 0.0552. The third-order valence-corrected chi connectivity index (χ3v) is 4.35. The van der Waals surface area contributed by atoms with Crippen LogP contribution in [0.5, 0.6) is 5.75 Å². The van der Waals surface area contributed by atoms with E-state index in [4.69, 9.17) is 4.74 Å². The molecule has 126 valence electrons. The first-order valence-corrected chi connectivity index (χ1v) is 8.09. The van der Waals surface area contributed by atoms with Crippen LogP contribution >= 0.6 is 0 Å². The van der Waals surface area contributed by atoms with Gasteiger partial charge in [-0.1, -0.05) is 18.2 Å². The summed E-state index contributed by atoms with van der Waals surface area (Å²) in [5, 5.41) is 11.1. The van der Waals surface area contributed by atoms with Crippen molar-refractivity contribution >= 4 is 11.6 Å². The monoisotopic (exact) mass is 335 g/mol. The van der Waals surface area contributed by atoms with E-state index in [1.165, 1.54) is 11.0 Å². The fourth-order valence-corrected chi connectivity index (χ4v) is 3.20. The third-order valence-electron chi connectivity index (χ3n) is 4.35. The van der Waals surface area contributed by atoms with Crippen LogP contribution in [0.1, 0.15) is 22.3 Å². The molecule has 0 saturated heterocycles. The Balaban J connectivity index is 1.73. The highest BCUT2D eigenvalue weighted by molar-refractivity contribution is 6.07. The number of methoxy groups -OCH3 is 1. The topological polar surface area (TPSA) is 73.1 Å². The molecule has 7 nitrogen and oxygen atoms in total. The first-order chi connectivity index (χ1) is 12.3. The summed E-state index contributed by atoms with van der Waals surface area (Å²) in [5.74, 6) is 0.669. The summed E-state index contributed by atoms with van der Waals surface area (Å²) in [5.41, 5.74) is 3.34. The number of benzene rings is 2. The minimum atomic E-state index is -0.0552. The number of carbonyl (C=O) groups is 1. The zero-order chi connectivity index (χ0) is 17.2. The van der Waals surface area contributed by atoms with E-state index in [-0.39, 0.29) is 5.91 Å². The Labute approximate surface area is 144 Å². The molecule has 1 aromatic heterocycles. The van der Waals surface area contributed by atoms with Crippen LogP contribution in [-0.4, -0.2) is 39.8 Å². The Bertz CT molecular complexity index is 893. The number of amides is 1. The van der Waals surface area contributed by atoms with Gasteiger partial charge in [-0.25, -0.2) is 4.68 Å². The summed E-state index contributed by atoms with van der Waals surface area (Å²) in [7, 11) is 1.63. The molecule has 0 radical (unpaired) electrons. The Morgan fingerprint density at radius 1 is 1.20 bits per heavy atom. The molecule has 4 rings (SSSR count). The molecule has 0 bridgehead atoms. The van der Waals surface area contributed by atoms with E-state index in [2.05, 4.69) is 21.6 Å². The van der Waals surface area contributed by atoms with Gasteiger partial charge in [-0.15, -0.1) is 5.10 Å². The Morgan fingerprint density at radius 3 is 2.88 bits per heavy atom. The summed E-state index contributed by atoms with van der Waals surface area (Å²) in [6.45, 7) is 0.668. The highest BCUT2D eigenvalue weighted by atomic mass is 16.5. The lowest BCUT2D eigenvalue weighted by atomic mass is 10.00. The number of para-hydroxylation sites is 1. The van der Waals surface area contributed by atoms with Crippen LogP contribution in [0.4, 0.5) is 5.69 Å². The van der Waals surface area contributed by atoms with Gasteiger partial charge >= 0.3 is 0 Å². The Kier molecular flexibility index (Phi) is 3.89. The number of rotatable bonds is 3. The van der Waals surface area contributed by atoms with Crippen LogP contribution in [-0.2, 0) is 6.42 Å². The second kappa shape index (κ2) is 6.35. The van der Waals surface area contributed by atoms with Gasteiger partial charge in [-0.2, -0.15) is 0 Å². The number of aromatic nitrogens is 4. The molecule has 2 heterocycles. The van der Waals surface area contributed by atoms with Crippen LogP contribution < -0.4 is 9.64 Å². The van der Waals surface area contributed by atoms with E-state index < -0.39 is 0 Å². The molecule has 0 saturated carbocycles. The highest BCUT2D eigenvalue weighted by Gasteiger charge is 2.26. The van der Waals surface area contributed by atoms with E-state index in [0.717, 1.165) is 35.5 Å². The number of tetrazole rings is 1. The number of carbonyl (C=O) groups excluding carboxylic acids is 1. The molecule has 3 aromatic rings. The quantitative estimate of drug-likeness (QED) is 0.734. The van der Waals surface area contributed by atoms with Crippen molar-refractivity contribution in [1.29, 1.82) is 0 Å². The van der Waals surface area contributed by atoms with E-state index in [0.29, 0.717) is 12.1 Å². The minimum Gasteiger partial charge on any atom is -0.495 e. The van der Waals surface area contributed by atoms with Crippen molar-refractivity contribution in [3.8, 4) is 11.4 Å². The number of aryl methyl sites for hydroxylation is 1. The van der Waals surface area contributed by atoms with E-state index in [1.807, 2.05) is 24.3 Å². The summed E-state index contributed by atoms with van der Waals surface area (Å²) in [4.78, 5) is 15.0. The van der Waals surface area contributed by atoms with Crippen molar-refractivity contribution in [2.45, 2.75) is 12.8 Å². The van der Waals surface area contributed by atoms with Crippen molar-refractivity contribution in [2.24, 2.45) is 0 Å². The van der Waals surface area contributed by atoms with Gasteiger partial charge in [0.05, 0.1) is 18.5 Å². The first kappa shape index (κ1) is 15.3. The molecule has 1 aliphatic heterocycles. The van der Waals surface area contributed by atoms with Gasteiger partial charge in [-0.05, 0) is 53.1 Å². The average Bonchev–Trinajstić information content (AvgIpc) is 3.21. The summed E-state index contributed by atoms with van der Waals surface area (Å²) < 4.78 is 7.02. The van der Waals surface area contributed by atoms with E-state index >= 15 is 0 Å². The number of nitrogens with zero attached hydrogens (tertiary/aromatic N) is 5. The molecule has 0 atom stereocenters. The predicted molar refractivity (Wildman–Crippen MR) is 92.1 cm³/mol. The average molecular weight is 335 g/mol. The van der Waals surface area contributed by atoms with E-state index in [9.17, 15) is 4.79 Å². The molecule has 1 aliphatic rings. The number of fused-ring (bicyclic) bond motifs is 1. The molecule has 25 heavy (non-hydrogen) atoms. The van der Waals surface area contributed by atoms with Gasteiger partial charge in [0.25, 0.3) is 5.91 Å². The fourth-order valence-electron chi connectivity index (χ4n) is 3.20. The number of anilines is 1. The predicted octanol–water partition coefficient (Wildman–Crippen LogP) is 2.26. The molecular formula is C18H17N5O2. The molecule has 0 fully saturated rings. The zero-order valence-corrected chi connectivity index (χ0v) is 13.8. The summed E-state index contributed by atoms with van der Waals surface area (Å²) in [6, 6.07) is 13.2. The van der Waals surface area contributed by atoms with Crippen molar-refractivity contribution in [3.05, 3.63) is 59.9 Å². The van der Waals surface area contributed by atoms with Crippen molar-refractivity contribution in [3.63, 3.8) is 0 Å². The van der Waals surface area contributed by atoms with Gasteiger partial charge in [0.15, 0.2) is 0 Å². The number of hydrogen-bond acceptors (Lipinski definition) is 5. The highest BCUT2D eigenvalue weighted by Crippen LogP contribution is 2.37. The van der Waals surface area contributed by atoms with Crippen LogP contribution in [0.25, 0.3) is 5.69 Å². The van der Waals surface area contributed by atoms with Crippen molar-refractivity contribution in [1.82, 2.24) is 20.2 Å². The van der Waals surface area contributed by atoms with Gasteiger partial charge in [0, 0.05) is 12.1 Å². The molecule has 2 aromatic carbocycles. The maximum Gasteiger partial charge on any atom is 0.258 e. The smallest absolute Gasteiger partial charge is 0.258 e. The Hall–Kier alpha value is -3.22. The molecule has 0 N–H and O–H groups in total. The van der Waals surface area contributed by atoms with E-state index in [1.54, 1.807) is 24.1 Å².